The van der Waals surface area contributed by atoms with Crippen LogP contribution in [0.15, 0.2) is 28.9 Å². The van der Waals surface area contributed by atoms with Crippen LogP contribution in [0.5, 0.6) is 0 Å². The van der Waals surface area contributed by atoms with Crippen LogP contribution >= 0.6 is 27.5 Å². The zero-order chi connectivity index (χ0) is 16.4. The Morgan fingerprint density at radius 2 is 2.35 bits per heavy atom. The minimum absolute atomic E-state index is 0.0592. The first-order chi connectivity index (χ1) is 11.1. The van der Waals surface area contributed by atoms with Crippen molar-refractivity contribution in [2.75, 3.05) is 20.2 Å². The number of halogens is 2. The molecule has 3 rings (SSSR count). The number of rotatable bonds is 4. The van der Waals surface area contributed by atoms with E-state index in [1.165, 1.54) is 0 Å². The zero-order valence-corrected chi connectivity index (χ0v) is 14.9. The molecule has 1 unspecified atom stereocenters. The number of hydrogen-bond acceptors (Lipinski definition) is 4. The van der Waals surface area contributed by atoms with Crippen LogP contribution in [0.3, 0.4) is 0 Å². The van der Waals surface area contributed by atoms with Crippen molar-refractivity contribution in [3.63, 3.8) is 0 Å². The maximum Gasteiger partial charge on any atom is 0.255 e. The number of likely N-dealkylation sites (tertiary alicyclic amines) is 1. The Morgan fingerprint density at radius 3 is 3.13 bits per heavy atom. The number of carbonyl (C=O) groups is 1. The van der Waals surface area contributed by atoms with Gasteiger partial charge in [0, 0.05) is 24.7 Å². The second-order valence-electron chi connectivity index (χ2n) is 5.44. The van der Waals surface area contributed by atoms with Gasteiger partial charge in [0.2, 0.25) is 0 Å². The lowest BCUT2D eigenvalue weighted by Gasteiger charge is -2.17. The number of aromatic nitrogens is 3. The van der Waals surface area contributed by atoms with Gasteiger partial charge in [0.15, 0.2) is 0 Å². The molecule has 1 amide bonds. The van der Waals surface area contributed by atoms with Crippen LogP contribution in [0.4, 0.5) is 0 Å². The minimum atomic E-state index is -0.0592. The topological polar surface area (TPSA) is 60.2 Å². The fourth-order valence-electron chi connectivity index (χ4n) is 2.68. The van der Waals surface area contributed by atoms with Gasteiger partial charge in [-0.1, -0.05) is 32.7 Å². The van der Waals surface area contributed by atoms with Crippen molar-refractivity contribution < 1.29 is 9.53 Å². The third-order valence-electron chi connectivity index (χ3n) is 3.83. The van der Waals surface area contributed by atoms with E-state index < -0.39 is 0 Å². The molecule has 122 valence electrons. The van der Waals surface area contributed by atoms with Gasteiger partial charge in [-0.25, -0.2) is 4.68 Å². The summed E-state index contributed by atoms with van der Waals surface area (Å²) in [7, 11) is 1.62. The summed E-state index contributed by atoms with van der Waals surface area (Å²) in [5.74, 6) is -0.0592. The lowest BCUT2D eigenvalue weighted by Crippen LogP contribution is -2.29. The molecule has 8 heteroatoms. The van der Waals surface area contributed by atoms with Crippen LogP contribution in [-0.4, -0.2) is 46.0 Å². The monoisotopic (exact) mass is 398 g/mol. The molecule has 2 heterocycles. The standard InChI is InChI=1S/C15H16BrClN4O2/c1-23-9-11-7-21(19-18-11)12-4-5-20(8-12)15(22)13-6-10(16)2-3-14(13)17/h2-3,6-7,12H,4-5,8-9H2,1H3. The van der Waals surface area contributed by atoms with Crippen LogP contribution in [0.2, 0.25) is 5.02 Å². The molecule has 0 radical (unpaired) electrons. The quantitative estimate of drug-likeness (QED) is 0.793. The first kappa shape index (κ1) is 16.4. The van der Waals surface area contributed by atoms with Crippen LogP contribution in [-0.2, 0) is 11.3 Å². The first-order valence-electron chi connectivity index (χ1n) is 7.22. The number of amides is 1. The Morgan fingerprint density at radius 1 is 1.52 bits per heavy atom. The molecule has 0 spiro atoms. The van der Waals surface area contributed by atoms with Crippen molar-refractivity contribution in [3.05, 3.63) is 45.1 Å². The SMILES string of the molecule is COCc1cn(C2CCN(C(=O)c3cc(Br)ccc3Cl)C2)nn1. The average Bonchev–Trinajstić information content (AvgIpc) is 3.18. The van der Waals surface area contributed by atoms with Crippen LogP contribution in [0.1, 0.15) is 28.5 Å². The van der Waals surface area contributed by atoms with E-state index in [-0.39, 0.29) is 11.9 Å². The molecule has 1 aromatic heterocycles. The van der Waals surface area contributed by atoms with Crippen molar-refractivity contribution in [2.45, 2.75) is 19.1 Å². The van der Waals surface area contributed by atoms with Crippen molar-refractivity contribution in [2.24, 2.45) is 0 Å². The van der Waals surface area contributed by atoms with Gasteiger partial charge < -0.3 is 9.64 Å². The first-order valence-corrected chi connectivity index (χ1v) is 8.39. The molecule has 1 aliphatic heterocycles. The third kappa shape index (κ3) is 3.57. The molecule has 0 aliphatic carbocycles. The molecular weight excluding hydrogens is 384 g/mol. The van der Waals surface area contributed by atoms with Gasteiger partial charge >= 0.3 is 0 Å². The smallest absolute Gasteiger partial charge is 0.255 e. The van der Waals surface area contributed by atoms with Gasteiger partial charge in [-0.05, 0) is 24.6 Å². The number of hydrogen-bond donors (Lipinski definition) is 0. The summed E-state index contributed by atoms with van der Waals surface area (Å²) < 4.78 is 7.69. The Hall–Kier alpha value is -1.44. The van der Waals surface area contributed by atoms with E-state index in [0.717, 1.165) is 16.6 Å². The van der Waals surface area contributed by atoms with E-state index in [4.69, 9.17) is 16.3 Å². The summed E-state index contributed by atoms with van der Waals surface area (Å²) in [5.41, 5.74) is 1.30. The lowest BCUT2D eigenvalue weighted by atomic mass is 10.2. The van der Waals surface area contributed by atoms with Gasteiger partial charge in [0.25, 0.3) is 5.91 Å². The number of carbonyl (C=O) groups excluding carboxylic acids is 1. The van der Waals surface area contributed by atoms with E-state index >= 15 is 0 Å². The van der Waals surface area contributed by atoms with E-state index in [0.29, 0.717) is 30.3 Å². The van der Waals surface area contributed by atoms with E-state index in [2.05, 4.69) is 26.2 Å². The number of nitrogens with zero attached hydrogens (tertiary/aromatic N) is 4. The van der Waals surface area contributed by atoms with Gasteiger partial charge in [-0.2, -0.15) is 0 Å². The zero-order valence-electron chi connectivity index (χ0n) is 12.6. The Bertz CT molecular complexity index is 721. The van der Waals surface area contributed by atoms with Gasteiger partial charge in [0.05, 0.1) is 29.4 Å². The maximum atomic E-state index is 12.7. The molecule has 1 atom stereocenters. The summed E-state index contributed by atoms with van der Waals surface area (Å²) in [6.07, 6.45) is 2.71. The largest absolute Gasteiger partial charge is 0.378 e. The summed E-state index contributed by atoms with van der Waals surface area (Å²) >= 11 is 9.53. The second kappa shape index (κ2) is 6.98. The Kier molecular flexibility index (Phi) is 4.99. The number of benzene rings is 1. The number of methoxy groups -OCH3 is 1. The van der Waals surface area contributed by atoms with E-state index in [1.54, 1.807) is 24.1 Å². The molecule has 6 nitrogen and oxygen atoms in total. The average molecular weight is 400 g/mol. The molecule has 0 N–H and O–H groups in total. The lowest BCUT2D eigenvalue weighted by molar-refractivity contribution is 0.0787. The predicted octanol–water partition coefficient (Wildman–Crippen LogP) is 2.93. The molecule has 1 saturated heterocycles. The predicted molar refractivity (Wildman–Crippen MR) is 89.4 cm³/mol. The number of ether oxygens (including phenoxy) is 1. The second-order valence-corrected chi connectivity index (χ2v) is 6.76. The van der Waals surface area contributed by atoms with Gasteiger partial charge in [-0.3, -0.25) is 4.79 Å². The Balaban J connectivity index is 1.71. The fourth-order valence-corrected chi connectivity index (χ4v) is 3.24. The summed E-state index contributed by atoms with van der Waals surface area (Å²) in [6.45, 7) is 1.70. The highest BCUT2D eigenvalue weighted by atomic mass is 79.9. The van der Waals surface area contributed by atoms with Crippen LogP contribution < -0.4 is 0 Å². The van der Waals surface area contributed by atoms with Crippen LogP contribution in [0.25, 0.3) is 0 Å². The highest BCUT2D eigenvalue weighted by Gasteiger charge is 2.29. The summed E-state index contributed by atoms with van der Waals surface area (Å²) in [5, 5.41) is 8.65. The molecule has 1 aromatic carbocycles. The minimum Gasteiger partial charge on any atom is -0.378 e. The summed E-state index contributed by atoms with van der Waals surface area (Å²) in [6, 6.07) is 5.42. The van der Waals surface area contributed by atoms with E-state index in [1.807, 2.05) is 16.9 Å². The van der Waals surface area contributed by atoms with Crippen molar-refractivity contribution in [3.8, 4) is 0 Å². The van der Waals surface area contributed by atoms with Gasteiger partial charge in [0.1, 0.15) is 5.69 Å². The molecule has 0 saturated carbocycles. The van der Waals surface area contributed by atoms with E-state index in [9.17, 15) is 4.79 Å². The summed E-state index contributed by atoms with van der Waals surface area (Å²) in [4.78, 5) is 14.5. The molecular formula is C15H16BrClN4O2. The molecule has 1 fully saturated rings. The Labute approximate surface area is 147 Å². The fraction of sp³-hybridized carbons (Fsp3) is 0.400. The molecule has 2 aromatic rings. The molecule has 23 heavy (non-hydrogen) atoms. The molecule has 1 aliphatic rings. The van der Waals surface area contributed by atoms with Crippen molar-refractivity contribution >= 4 is 33.4 Å². The third-order valence-corrected chi connectivity index (χ3v) is 4.66. The van der Waals surface area contributed by atoms with Crippen molar-refractivity contribution in [1.82, 2.24) is 19.9 Å². The van der Waals surface area contributed by atoms with Gasteiger partial charge in [-0.15, -0.1) is 5.10 Å². The normalized spacial score (nSPS) is 17.7. The molecule has 0 bridgehead atoms. The maximum absolute atomic E-state index is 12.7. The highest BCUT2D eigenvalue weighted by molar-refractivity contribution is 9.10. The van der Waals surface area contributed by atoms with Crippen molar-refractivity contribution in [1.29, 1.82) is 0 Å². The highest BCUT2D eigenvalue weighted by Crippen LogP contribution is 2.27. The van der Waals surface area contributed by atoms with Crippen LogP contribution in [0, 0.1) is 0 Å².